The lowest BCUT2D eigenvalue weighted by molar-refractivity contribution is 1.07. The Balaban J connectivity index is 2.68. The molecule has 0 saturated heterocycles. The first-order valence-electron chi connectivity index (χ1n) is 3.77. The number of hydrogen-bond donors (Lipinski definition) is 0. The summed E-state index contributed by atoms with van der Waals surface area (Å²) in [4.78, 5) is 0. The van der Waals surface area contributed by atoms with E-state index in [1.807, 2.05) is 16.2 Å². The van der Waals surface area contributed by atoms with Gasteiger partial charge in [-0.05, 0) is 23.7 Å². The fraction of sp³-hybridized carbons (Fsp3) is 0. The Morgan fingerprint density at radius 1 is 1.17 bits per heavy atom. The second-order valence-electron chi connectivity index (χ2n) is 2.68. The SMILES string of the molecule is c1ccc2c(c1)sn1nccc21. The third-order valence-electron chi connectivity index (χ3n) is 1.96. The molecular formula is C9H6N2S. The van der Waals surface area contributed by atoms with Gasteiger partial charge in [-0.2, -0.15) is 9.00 Å². The van der Waals surface area contributed by atoms with Crippen LogP contribution in [0.5, 0.6) is 0 Å². The lowest BCUT2D eigenvalue weighted by Crippen LogP contribution is -1.71. The lowest BCUT2D eigenvalue weighted by Gasteiger charge is -1.82. The summed E-state index contributed by atoms with van der Waals surface area (Å²) in [7, 11) is 0. The molecular weight excluding hydrogens is 168 g/mol. The van der Waals surface area contributed by atoms with Crippen molar-refractivity contribution in [2.24, 2.45) is 0 Å². The van der Waals surface area contributed by atoms with Gasteiger partial charge in [-0.3, -0.25) is 0 Å². The average Bonchev–Trinajstić information content (AvgIpc) is 2.62. The molecule has 3 aromatic rings. The van der Waals surface area contributed by atoms with Crippen LogP contribution in [0.3, 0.4) is 0 Å². The van der Waals surface area contributed by atoms with Crippen molar-refractivity contribution in [1.29, 1.82) is 0 Å². The Morgan fingerprint density at radius 2 is 2.08 bits per heavy atom. The van der Waals surface area contributed by atoms with Crippen molar-refractivity contribution in [1.82, 2.24) is 9.00 Å². The fourth-order valence-electron chi connectivity index (χ4n) is 1.41. The Hall–Kier alpha value is -1.35. The first kappa shape index (κ1) is 6.20. The molecule has 0 aliphatic rings. The second kappa shape index (κ2) is 2.08. The van der Waals surface area contributed by atoms with Gasteiger partial charge >= 0.3 is 0 Å². The maximum atomic E-state index is 4.19. The van der Waals surface area contributed by atoms with Crippen LogP contribution in [0.4, 0.5) is 0 Å². The van der Waals surface area contributed by atoms with Crippen molar-refractivity contribution < 1.29 is 0 Å². The fourth-order valence-corrected chi connectivity index (χ4v) is 2.36. The zero-order valence-corrected chi connectivity index (χ0v) is 7.08. The predicted molar refractivity (Wildman–Crippen MR) is 50.6 cm³/mol. The van der Waals surface area contributed by atoms with Gasteiger partial charge in [0.25, 0.3) is 0 Å². The number of fused-ring (bicyclic) bond motifs is 3. The number of aromatic nitrogens is 2. The normalized spacial score (nSPS) is 11.3. The zero-order valence-electron chi connectivity index (χ0n) is 6.27. The summed E-state index contributed by atoms with van der Waals surface area (Å²) in [6, 6.07) is 10.4. The minimum absolute atomic E-state index is 1.20. The molecule has 0 amide bonds. The maximum absolute atomic E-state index is 4.19. The highest BCUT2D eigenvalue weighted by Crippen LogP contribution is 2.25. The number of nitrogens with zero attached hydrogens (tertiary/aromatic N) is 2. The van der Waals surface area contributed by atoms with Crippen molar-refractivity contribution in [3.05, 3.63) is 36.5 Å². The van der Waals surface area contributed by atoms with Crippen molar-refractivity contribution in [3.8, 4) is 0 Å². The molecule has 0 bridgehead atoms. The molecule has 0 unspecified atom stereocenters. The summed E-state index contributed by atoms with van der Waals surface area (Å²) in [6.45, 7) is 0. The quantitative estimate of drug-likeness (QED) is 0.512. The summed E-state index contributed by atoms with van der Waals surface area (Å²) >= 11 is 1.67. The number of benzene rings is 1. The molecule has 2 nitrogen and oxygen atoms in total. The molecule has 0 atom stereocenters. The van der Waals surface area contributed by atoms with Gasteiger partial charge < -0.3 is 0 Å². The van der Waals surface area contributed by atoms with Crippen LogP contribution < -0.4 is 0 Å². The van der Waals surface area contributed by atoms with Gasteiger partial charge in [-0.15, -0.1) is 0 Å². The van der Waals surface area contributed by atoms with E-state index in [9.17, 15) is 0 Å². The molecule has 0 aliphatic carbocycles. The van der Waals surface area contributed by atoms with Crippen molar-refractivity contribution in [2.75, 3.05) is 0 Å². The van der Waals surface area contributed by atoms with Crippen LogP contribution in [0.1, 0.15) is 0 Å². The van der Waals surface area contributed by atoms with Crippen molar-refractivity contribution >= 4 is 27.1 Å². The molecule has 0 spiro atoms. The van der Waals surface area contributed by atoms with Gasteiger partial charge in [0.2, 0.25) is 0 Å². The van der Waals surface area contributed by atoms with Gasteiger partial charge in [0, 0.05) is 5.39 Å². The minimum atomic E-state index is 1.20. The van der Waals surface area contributed by atoms with Gasteiger partial charge in [0.1, 0.15) is 0 Å². The standard InChI is InChI=1S/C9H6N2S/c1-2-4-9-7(3-1)8-5-6-10-11(8)12-9/h1-6H. The summed E-state index contributed by atoms with van der Waals surface area (Å²) < 4.78 is 3.24. The average molecular weight is 174 g/mol. The van der Waals surface area contributed by atoms with E-state index in [1.165, 1.54) is 15.6 Å². The van der Waals surface area contributed by atoms with Gasteiger partial charge in [0.15, 0.2) is 0 Å². The highest BCUT2D eigenvalue weighted by atomic mass is 32.1. The van der Waals surface area contributed by atoms with E-state index >= 15 is 0 Å². The van der Waals surface area contributed by atoms with Crippen LogP contribution in [-0.2, 0) is 0 Å². The summed E-state index contributed by atoms with van der Waals surface area (Å²) in [5, 5.41) is 5.48. The largest absolute Gasteiger partial charge is 0.186 e. The molecule has 0 fully saturated rings. The Morgan fingerprint density at radius 3 is 3.08 bits per heavy atom. The third kappa shape index (κ3) is 0.662. The van der Waals surface area contributed by atoms with E-state index in [1.54, 1.807) is 11.5 Å². The Bertz CT molecular complexity index is 534. The first-order valence-corrected chi connectivity index (χ1v) is 4.54. The highest BCUT2D eigenvalue weighted by Gasteiger charge is 2.02. The second-order valence-corrected chi connectivity index (χ2v) is 3.65. The van der Waals surface area contributed by atoms with E-state index in [-0.39, 0.29) is 0 Å². The first-order chi connectivity index (χ1) is 5.95. The Kier molecular flexibility index (Phi) is 1.07. The highest BCUT2D eigenvalue weighted by molar-refractivity contribution is 7.14. The van der Waals surface area contributed by atoms with Crippen LogP contribution in [-0.4, -0.2) is 9.00 Å². The zero-order chi connectivity index (χ0) is 7.97. The minimum Gasteiger partial charge on any atom is -0.186 e. The van der Waals surface area contributed by atoms with E-state index in [4.69, 9.17) is 0 Å². The van der Waals surface area contributed by atoms with Gasteiger partial charge in [0.05, 0.1) is 16.4 Å². The van der Waals surface area contributed by atoms with E-state index < -0.39 is 0 Å². The smallest absolute Gasteiger partial charge is 0.0869 e. The molecule has 3 rings (SSSR count). The summed E-state index contributed by atoms with van der Waals surface area (Å²) in [6.07, 6.45) is 1.83. The molecule has 2 heterocycles. The van der Waals surface area contributed by atoms with Crippen molar-refractivity contribution in [3.63, 3.8) is 0 Å². The van der Waals surface area contributed by atoms with E-state index in [2.05, 4.69) is 29.4 Å². The van der Waals surface area contributed by atoms with Crippen LogP contribution in [0.25, 0.3) is 15.6 Å². The van der Waals surface area contributed by atoms with Crippen LogP contribution in [0, 0.1) is 0 Å². The number of hydrogen-bond acceptors (Lipinski definition) is 2. The third-order valence-corrected chi connectivity index (χ3v) is 2.97. The van der Waals surface area contributed by atoms with Gasteiger partial charge in [-0.1, -0.05) is 18.2 Å². The molecule has 0 saturated carbocycles. The molecule has 0 aliphatic heterocycles. The molecule has 2 aromatic heterocycles. The van der Waals surface area contributed by atoms with Crippen LogP contribution in [0.15, 0.2) is 36.5 Å². The maximum Gasteiger partial charge on any atom is 0.0869 e. The molecule has 1 aromatic carbocycles. The molecule has 3 heteroatoms. The predicted octanol–water partition coefficient (Wildman–Crippen LogP) is 2.55. The summed E-state index contributed by atoms with van der Waals surface area (Å²) in [5.41, 5.74) is 1.20. The summed E-state index contributed by atoms with van der Waals surface area (Å²) in [5.74, 6) is 0. The van der Waals surface area contributed by atoms with Gasteiger partial charge in [-0.25, -0.2) is 0 Å². The number of rotatable bonds is 0. The van der Waals surface area contributed by atoms with Crippen LogP contribution in [0.2, 0.25) is 0 Å². The monoisotopic (exact) mass is 174 g/mol. The van der Waals surface area contributed by atoms with Crippen molar-refractivity contribution in [2.45, 2.75) is 0 Å². The van der Waals surface area contributed by atoms with Crippen LogP contribution >= 0.6 is 11.5 Å². The Labute approximate surface area is 73.2 Å². The molecule has 0 radical (unpaired) electrons. The topological polar surface area (TPSA) is 17.3 Å². The molecule has 0 N–H and O–H groups in total. The molecule has 58 valence electrons. The van der Waals surface area contributed by atoms with E-state index in [0.717, 1.165) is 0 Å². The van der Waals surface area contributed by atoms with E-state index in [0.29, 0.717) is 0 Å². The lowest BCUT2D eigenvalue weighted by atomic mass is 10.2. The molecule has 12 heavy (non-hydrogen) atoms.